The average Bonchev–Trinajstić information content (AvgIpc) is 3.24. The Labute approximate surface area is 276 Å². The van der Waals surface area contributed by atoms with Crippen molar-refractivity contribution in [3.8, 4) is 0 Å². The number of allylic oxidation sites excluding steroid dienone is 15. The summed E-state index contributed by atoms with van der Waals surface area (Å²) in [6.07, 6.45) is 35.2. The van der Waals surface area contributed by atoms with Crippen molar-refractivity contribution in [1.82, 2.24) is 14.3 Å². The van der Waals surface area contributed by atoms with Crippen LogP contribution in [0.2, 0.25) is 0 Å². The van der Waals surface area contributed by atoms with Gasteiger partial charge in [-0.25, -0.2) is 0 Å². The highest BCUT2D eigenvalue weighted by Crippen LogP contribution is 2.36. The topological polar surface area (TPSA) is 20.5 Å². The second-order valence-electron chi connectivity index (χ2n) is 11.0. The van der Waals surface area contributed by atoms with Gasteiger partial charge in [0, 0.05) is 29.0 Å². The largest absolute Gasteiger partial charge is 0.324 e. The van der Waals surface area contributed by atoms with Gasteiger partial charge in [0.2, 0.25) is 0 Å². The zero-order valence-corrected chi connectivity index (χ0v) is 28.8. The van der Waals surface area contributed by atoms with Crippen LogP contribution in [0.4, 0.5) is 0 Å². The predicted molar refractivity (Wildman–Crippen MR) is 202 cm³/mol. The van der Waals surface area contributed by atoms with E-state index in [0.717, 1.165) is 47.0 Å². The van der Waals surface area contributed by atoms with Gasteiger partial charge in [-0.05, 0) is 91.7 Å². The molecule has 3 aromatic rings. The van der Waals surface area contributed by atoms with Crippen molar-refractivity contribution in [2.75, 3.05) is 0 Å². The van der Waals surface area contributed by atoms with E-state index in [4.69, 9.17) is 4.98 Å². The van der Waals surface area contributed by atoms with Gasteiger partial charge in [0.1, 0.15) is 0 Å². The minimum atomic E-state index is 0.831. The minimum Gasteiger partial charge on any atom is -0.324 e. The molecule has 6 rings (SSSR count). The first-order valence-electron chi connectivity index (χ1n) is 16.7. The Kier molecular flexibility index (Phi) is 11.8. The predicted octanol–water partition coefficient (Wildman–Crippen LogP) is 10.3. The van der Waals surface area contributed by atoms with Gasteiger partial charge in [-0.1, -0.05) is 114 Å². The third kappa shape index (κ3) is 6.84. The van der Waals surface area contributed by atoms with Crippen molar-refractivity contribution in [3.05, 3.63) is 161 Å². The van der Waals surface area contributed by atoms with Crippen LogP contribution in [0, 0.1) is 6.92 Å². The zero-order valence-electron chi connectivity index (χ0n) is 28.8. The molecule has 0 unspecified atom stereocenters. The highest BCUT2D eigenvalue weighted by molar-refractivity contribution is 6.05. The number of fused-ring (bicyclic) bond motifs is 5. The van der Waals surface area contributed by atoms with Crippen molar-refractivity contribution in [1.29, 1.82) is 0 Å². The summed E-state index contributed by atoms with van der Waals surface area (Å²) in [7, 11) is 0. The molecule has 2 aromatic heterocycles. The van der Waals surface area contributed by atoms with E-state index in [1.54, 1.807) is 0 Å². The Morgan fingerprint density at radius 2 is 1.76 bits per heavy atom. The van der Waals surface area contributed by atoms with Crippen LogP contribution < -0.4 is 10.7 Å². The van der Waals surface area contributed by atoms with E-state index in [9.17, 15) is 0 Å². The van der Waals surface area contributed by atoms with Crippen LogP contribution in [0.1, 0.15) is 71.9 Å². The number of hydrogen-bond donors (Lipinski definition) is 0. The fraction of sp³-hybridized carbons (Fsp3) is 0.233. The highest BCUT2D eigenvalue weighted by atomic mass is 15.1. The molecule has 0 bridgehead atoms. The van der Waals surface area contributed by atoms with Crippen molar-refractivity contribution in [2.45, 2.75) is 67.7 Å². The third-order valence-electron chi connectivity index (χ3n) is 8.18. The van der Waals surface area contributed by atoms with Crippen molar-refractivity contribution in [3.63, 3.8) is 0 Å². The third-order valence-corrected chi connectivity index (χ3v) is 8.18. The Morgan fingerprint density at radius 1 is 0.978 bits per heavy atom. The smallest absolute Gasteiger partial charge is 0.0828 e. The van der Waals surface area contributed by atoms with E-state index in [1.807, 2.05) is 52.8 Å². The highest BCUT2D eigenvalue weighted by Gasteiger charge is 2.19. The van der Waals surface area contributed by atoms with Crippen LogP contribution in [-0.2, 0) is 0 Å². The molecule has 3 aliphatic rings. The van der Waals surface area contributed by atoms with Gasteiger partial charge in [-0.3, -0.25) is 4.98 Å². The number of nitrogens with zero attached hydrogens (tertiary/aromatic N) is 3. The maximum absolute atomic E-state index is 4.89. The number of aryl methyl sites for hydroxylation is 1. The zero-order chi connectivity index (χ0) is 33.2. The van der Waals surface area contributed by atoms with Crippen LogP contribution in [0.25, 0.3) is 34.1 Å². The summed E-state index contributed by atoms with van der Waals surface area (Å²) in [5.41, 5.74) is 11.8. The second kappa shape index (κ2) is 15.9. The Hall–Kier alpha value is -4.89. The first-order chi connectivity index (χ1) is 22.5. The standard InChI is InChI=1S/C39H37N3.2C2H6/c1-6-12-30(13-7-2)28(4)26-41-23-22-33(24-29(41)5)31-15-11-16-32(21-20-31)39-37-25-40-34-17-8-9-18-35(34)42(37)36-19-10-14-27(3)38(36)39;2*1-2/h6-7,10-19,21-26H,1,5,8-9,20H2,2-4H3;2*1-2H3/b13-7-,28-26+,30-12+;;. The molecule has 236 valence electrons. The van der Waals surface area contributed by atoms with Gasteiger partial charge in [0.15, 0.2) is 0 Å². The average molecular weight is 608 g/mol. The summed E-state index contributed by atoms with van der Waals surface area (Å²) >= 11 is 0. The minimum absolute atomic E-state index is 0.831. The van der Waals surface area contributed by atoms with Crippen LogP contribution in [0.15, 0.2) is 139 Å². The van der Waals surface area contributed by atoms with Crippen molar-refractivity contribution < 1.29 is 0 Å². The molecule has 0 saturated carbocycles. The quantitative estimate of drug-likeness (QED) is 0.260. The molecular formula is C43H49N3. The van der Waals surface area contributed by atoms with E-state index in [1.165, 1.54) is 44.1 Å². The lowest BCUT2D eigenvalue weighted by Crippen LogP contribution is -2.35. The molecule has 2 aliphatic carbocycles. The lowest BCUT2D eigenvalue weighted by Gasteiger charge is -2.23. The van der Waals surface area contributed by atoms with E-state index in [2.05, 4.69) is 128 Å². The van der Waals surface area contributed by atoms with E-state index < -0.39 is 0 Å². The maximum Gasteiger partial charge on any atom is 0.0828 e. The molecule has 1 aliphatic heterocycles. The molecule has 0 amide bonds. The molecular weight excluding hydrogens is 558 g/mol. The molecule has 46 heavy (non-hydrogen) atoms. The number of hydrogen-bond acceptors (Lipinski definition) is 2. The van der Waals surface area contributed by atoms with Crippen molar-refractivity contribution >= 4 is 34.1 Å². The second-order valence-corrected chi connectivity index (χ2v) is 11.0. The van der Waals surface area contributed by atoms with Crippen LogP contribution in [0.3, 0.4) is 0 Å². The molecule has 0 N–H and O–H groups in total. The first-order valence-corrected chi connectivity index (χ1v) is 16.7. The Morgan fingerprint density at radius 3 is 2.50 bits per heavy atom. The first kappa shape index (κ1) is 34.0. The summed E-state index contributed by atoms with van der Waals surface area (Å²) in [5, 5.41) is 3.59. The summed E-state index contributed by atoms with van der Waals surface area (Å²) in [4.78, 5) is 6.97. The van der Waals surface area contributed by atoms with Gasteiger partial charge in [-0.2, -0.15) is 0 Å². The fourth-order valence-electron chi connectivity index (χ4n) is 6.13. The molecule has 3 heteroatoms. The molecule has 0 atom stereocenters. The fourth-order valence-corrected chi connectivity index (χ4v) is 6.13. The molecule has 0 saturated heterocycles. The van der Waals surface area contributed by atoms with Crippen LogP contribution in [0.5, 0.6) is 0 Å². The van der Waals surface area contributed by atoms with Gasteiger partial charge >= 0.3 is 0 Å². The summed E-state index contributed by atoms with van der Waals surface area (Å²) < 4.78 is 2.41. The molecule has 0 spiro atoms. The monoisotopic (exact) mass is 607 g/mol. The van der Waals surface area contributed by atoms with E-state index in [0.29, 0.717) is 0 Å². The van der Waals surface area contributed by atoms with E-state index >= 15 is 0 Å². The van der Waals surface area contributed by atoms with Crippen molar-refractivity contribution in [2.24, 2.45) is 0 Å². The molecule has 3 heterocycles. The number of rotatable bonds is 6. The van der Waals surface area contributed by atoms with Gasteiger partial charge in [0.25, 0.3) is 0 Å². The Balaban J connectivity index is 0.00000116. The number of aromatic nitrogens is 2. The summed E-state index contributed by atoms with van der Waals surface area (Å²) in [6.45, 7) is 22.6. The van der Waals surface area contributed by atoms with Crippen LogP contribution >= 0.6 is 0 Å². The molecule has 0 radical (unpaired) electrons. The lowest BCUT2D eigenvalue weighted by atomic mass is 9.96. The van der Waals surface area contributed by atoms with Gasteiger partial charge < -0.3 is 9.30 Å². The summed E-state index contributed by atoms with van der Waals surface area (Å²) in [5.74, 6) is 0. The Bertz CT molecular complexity index is 2010. The number of benzene rings is 1. The summed E-state index contributed by atoms with van der Waals surface area (Å²) in [6, 6.07) is 6.62. The van der Waals surface area contributed by atoms with E-state index in [-0.39, 0.29) is 0 Å². The molecule has 3 nitrogen and oxygen atoms in total. The molecule has 0 fully saturated rings. The molecule has 1 aromatic carbocycles. The SMILES string of the molecule is C=C/C=C(\C=C/C)C(/C)=C/N1C=CC(C2=CC=CC(c3c4c(C)cccc4n4c5c(ncc34)=CCCC=5)=CC2)=CC1=C.CC.CC. The lowest BCUT2D eigenvalue weighted by molar-refractivity contribution is 0.640. The van der Waals surface area contributed by atoms with Gasteiger partial charge in [0.05, 0.1) is 27.9 Å². The maximum atomic E-state index is 4.89. The normalized spacial score (nSPS) is 16.3. The van der Waals surface area contributed by atoms with Gasteiger partial charge in [-0.15, -0.1) is 0 Å². The van der Waals surface area contributed by atoms with Crippen LogP contribution in [-0.4, -0.2) is 14.3 Å².